The summed E-state index contributed by atoms with van der Waals surface area (Å²) in [5.74, 6) is -1.02. The number of amides is 1. The molecule has 0 atom stereocenters. The zero-order valence-corrected chi connectivity index (χ0v) is 19.8. The maximum Gasteiger partial charge on any atom is 0.244 e. The summed E-state index contributed by atoms with van der Waals surface area (Å²) in [4.78, 5) is 24.8. The van der Waals surface area contributed by atoms with E-state index in [1.165, 1.54) is 32.5 Å². The minimum atomic E-state index is -0.807. The molecule has 2 aromatic heterocycles. The highest BCUT2D eigenvalue weighted by atomic mass is 19.1. The number of aromatic nitrogens is 4. The van der Waals surface area contributed by atoms with E-state index < -0.39 is 11.6 Å². The Morgan fingerprint density at radius 3 is 2.51 bits per heavy atom. The van der Waals surface area contributed by atoms with Crippen LogP contribution in [0.5, 0.6) is 11.5 Å². The molecule has 1 aliphatic heterocycles. The first kappa shape index (κ1) is 24.3. The first-order valence-electron chi connectivity index (χ1n) is 11.1. The molecule has 3 aromatic rings. The minimum Gasteiger partial charge on any atom is -0.494 e. The maximum absolute atomic E-state index is 14.4. The second-order valence-corrected chi connectivity index (χ2v) is 8.27. The fourth-order valence-corrected chi connectivity index (χ4v) is 3.63. The number of rotatable bonds is 8. The van der Waals surface area contributed by atoms with Crippen molar-refractivity contribution in [3.05, 3.63) is 53.6 Å². The number of carbonyl (C=O) groups excluding carboxylic acids is 1. The third-order valence-electron chi connectivity index (χ3n) is 5.71. The van der Waals surface area contributed by atoms with Crippen molar-refractivity contribution in [2.75, 3.05) is 45.7 Å². The van der Waals surface area contributed by atoms with Gasteiger partial charge in [-0.3, -0.25) is 9.48 Å². The van der Waals surface area contributed by atoms with Crippen LogP contribution in [0.25, 0.3) is 0 Å². The van der Waals surface area contributed by atoms with Crippen LogP contribution in [0.1, 0.15) is 11.1 Å². The lowest BCUT2D eigenvalue weighted by Gasteiger charge is -2.32. The number of nitrogens with one attached hydrogen (secondary N) is 1. The molecule has 0 unspecified atom stereocenters. The van der Waals surface area contributed by atoms with Gasteiger partial charge in [0.15, 0.2) is 17.3 Å². The van der Waals surface area contributed by atoms with Crippen molar-refractivity contribution in [2.24, 2.45) is 0 Å². The Hall–Kier alpha value is -3.80. The topological polar surface area (TPSA) is 97.6 Å². The molecule has 0 spiro atoms. The fourth-order valence-electron chi connectivity index (χ4n) is 3.63. The number of ether oxygens (including phenoxy) is 2. The molecular formula is C23H27F2N7O3. The molecule has 1 aromatic carbocycles. The minimum absolute atomic E-state index is 0.0182. The SMILES string of the molecule is COc1cc(C)c(F)c(COc2cnc(Nc3cnn(CC(=O)N4CCN(C)CC4)c3)nc2)c1F. The number of nitrogens with zero attached hydrogens (tertiary/aromatic N) is 6. The normalized spacial score (nSPS) is 14.1. The number of aryl methyl sites for hydroxylation is 1. The number of halogens is 2. The zero-order chi connectivity index (χ0) is 24.9. The number of piperazine rings is 1. The van der Waals surface area contributed by atoms with Gasteiger partial charge in [-0.1, -0.05) is 0 Å². The molecule has 1 aliphatic rings. The van der Waals surface area contributed by atoms with Crippen molar-refractivity contribution in [3.8, 4) is 11.5 Å². The van der Waals surface area contributed by atoms with Gasteiger partial charge in [0.2, 0.25) is 11.9 Å². The Morgan fingerprint density at radius 1 is 1.11 bits per heavy atom. The van der Waals surface area contributed by atoms with Gasteiger partial charge in [-0.25, -0.2) is 18.7 Å². The Kier molecular flexibility index (Phi) is 7.39. The summed E-state index contributed by atoms with van der Waals surface area (Å²) in [6, 6.07) is 1.29. The van der Waals surface area contributed by atoms with Crippen LogP contribution >= 0.6 is 0 Å². The highest BCUT2D eigenvalue weighted by Gasteiger charge is 2.20. The standard InChI is InChI=1S/C23H27F2N7O3/c1-15-8-19(34-3)22(25)18(21(15)24)14-35-17-10-26-23(27-11-17)29-16-9-28-32(12-16)13-20(33)31-6-4-30(2)5-7-31/h8-12H,4-7,13-14H2,1-3H3,(H,26,27,29). The van der Waals surface area contributed by atoms with E-state index >= 15 is 0 Å². The van der Waals surface area contributed by atoms with Gasteiger partial charge in [0.1, 0.15) is 19.0 Å². The van der Waals surface area contributed by atoms with Gasteiger partial charge in [0.05, 0.1) is 37.0 Å². The number of hydrogen-bond donors (Lipinski definition) is 1. The summed E-state index contributed by atoms with van der Waals surface area (Å²) in [6.07, 6.45) is 6.04. The van der Waals surface area contributed by atoms with Crippen molar-refractivity contribution >= 4 is 17.5 Å². The summed E-state index contributed by atoms with van der Waals surface area (Å²) < 4.78 is 40.7. The Bertz CT molecular complexity index is 1180. The van der Waals surface area contributed by atoms with Crippen molar-refractivity contribution in [3.63, 3.8) is 0 Å². The van der Waals surface area contributed by atoms with Gasteiger partial charge < -0.3 is 24.6 Å². The van der Waals surface area contributed by atoms with Crippen LogP contribution < -0.4 is 14.8 Å². The quantitative estimate of drug-likeness (QED) is 0.517. The van der Waals surface area contributed by atoms with Gasteiger partial charge in [0, 0.05) is 32.4 Å². The predicted molar refractivity (Wildman–Crippen MR) is 124 cm³/mol. The number of carbonyl (C=O) groups is 1. The van der Waals surface area contributed by atoms with Crippen LogP contribution in [-0.4, -0.2) is 75.8 Å². The average molecular weight is 488 g/mol. The monoisotopic (exact) mass is 487 g/mol. The lowest BCUT2D eigenvalue weighted by Crippen LogP contribution is -2.48. The lowest BCUT2D eigenvalue weighted by molar-refractivity contribution is -0.133. The van der Waals surface area contributed by atoms with E-state index in [2.05, 4.69) is 25.3 Å². The Balaban J connectivity index is 1.32. The second-order valence-electron chi connectivity index (χ2n) is 8.27. The van der Waals surface area contributed by atoms with Crippen molar-refractivity contribution in [1.29, 1.82) is 0 Å². The summed E-state index contributed by atoms with van der Waals surface area (Å²) >= 11 is 0. The fraction of sp³-hybridized carbons (Fsp3) is 0.391. The van der Waals surface area contributed by atoms with Crippen LogP contribution in [-0.2, 0) is 17.9 Å². The second kappa shape index (κ2) is 10.6. The van der Waals surface area contributed by atoms with Crippen LogP contribution in [0.3, 0.4) is 0 Å². The molecule has 0 radical (unpaired) electrons. The average Bonchev–Trinajstić information content (AvgIpc) is 3.29. The molecule has 10 nitrogen and oxygen atoms in total. The molecule has 3 heterocycles. The van der Waals surface area contributed by atoms with E-state index in [1.807, 2.05) is 11.9 Å². The summed E-state index contributed by atoms with van der Waals surface area (Å²) in [5.41, 5.74) is 0.631. The molecule has 0 bridgehead atoms. The molecular weight excluding hydrogens is 460 g/mol. The Morgan fingerprint density at radius 2 is 1.83 bits per heavy atom. The van der Waals surface area contributed by atoms with Crippen molar-refractivity contribution in [1.82, 2.24) is 29.5 Å². The number of hydrogen-bond acceptors (Lipinski definition) is 8. The first-order valence-corrected chi connectivity index (χ1v) is 11.1. The molecule has 1 N–H and O–H groups in total. The zero-order valence-electron chi connectivity index (χ0n) is 19.8. The molecule has 0 aliphatic carbocycles. The molecule has 1 fully saturated rings. The highest BCUT2D eigenvalue weighted by molar-refractivity contribution is 5.76. The van der Waals surface area contributed by atoms with E-state index in [1.54, 1.807) is 17.1 Å². The van der Waals surface area contributed by atoms with Gasteiger partial charge in [-0.15, -0.1) is 0 Å². The lowest BCUT2D eigenvalue weighted by atomic mass is 10.1. The van der Waals surface area contributed by atoms with Crippen LogP contribution in [0.4, 0.5) is 20.4 Å². The first-order chi connectivity index (χ1) is 16.8. The summed E-state index contributed by atoms with van der Waals surface area (Å²) in [5, 5.41) is 7.21. The number of anilines is 2. The van der Waals surface area contributed by atoms with Crippen molar-refractivity contribution < 1.29 is 23.0 Å². The smallest absolute Gasteiger partial charge is 0.244 e. The van der Waals surface area contributed by atoms with E-state index in [9.17, 15) is 13.6 Å². The largest absolute Gasteiger partial charge is 0.494 e. The van der Waals surface area contributed by atoms with E-state index in [-0.39, 0.29) is 47.6 Å². The summed E-state index contributed by atoms with van der Waals surface area (Å²) in [7, 11) is 3.35. The third kappa shape index (κ3) is 5.83. The van der Waals surface area contributed by atoms with E-state index in [0.717, 1.165) is 13.1 Å². The highest BCUT2D eigenvalue weighted by Crippen LogP contribution is 2.27. The van der Waals surface area contributed by atoms with Crippen LogP contribution in [0.2, 0.25) is 0 Å². The van der Waals surface area contributed by atoms with Gasteiger partial charge in [-0.05, 0) is 25.6 Å². The predicted octanol–water partition coefficient (Wildman–Crippen LogP) is 2.36. The third-order valence-corrected chi connectivity index (χ3v) is 5.71. The van der Waals surface area contributed by atoms with Crippen LogP contribution in [0, 0.1) is 18.6 Å². The van der Waals surface area contributed by atoms with Gasteiger partial charge in [0.25, 0.3) is 0 Å². The van der Waals surface area contributed by atoms with Gasteiger partial charge >= 0.3 is 0 Å². The van der Waals surface area contributed by atoms with Crippen LogP contribution in [0.15, 0.2) is 30.9 Å². The molecule has 12 heteroatoms. The molecule has 1 amide bonds. The Labute approximate surface area is 201 Å². The number of benzene rings is 1. The molecule has 0 saturated carbocycles. The van der Waals surface area contributed by atoms with Crippen molar-refractivity contribution in [2.45, 2.75) is 20.1 Å². The van der Waals surface area contributed by atoms with E-state index in [4.69, 9.17) is 9.47 Å². The summed E-state index contributed by atoms with van der Waals surface area (Å²) in [6.45, 7) is 4.46. The number of likely N-dealkylation sites (N-methyl/N-ethyl adjacent to an activating group) is 1. The molecule has 186 valence electrons. The molecule has 1 saturated heterocycles. The molecule has 35 heavy (non-hydrogen) atoms. The number of methoxy groups -OCH3 is 1. The molecule has 4 rings (SSSR count). The maximum atomic E-state index is 14.4. The van der Waals surface area contributed by atoms with Gasteiger partial charge in [-0.2, -0.15) is 5.10 Å². The van der Waals surface area contributed by atoms with E-state index in [0.29, 0.717) is 18.8 Å².